The highest BCUT2D eigenvalue weighted by molar-refractivity contribution is 5.69. The summed E-state index contributed by atoms with van der Waals surface area (Å²) in [5, 5.41) is 22.8. The number of pyridine rings is 1. The minimum absolute atomic E-state index is 0.0140. The fourth-order valence-electron chi connectivity index (χ4n) is 1.96. The molecule has 0 bridgehead atoms. The van der Waals surface area contributed by atoms with Crippen molar-refractivity contribution in [1.29, 1.82) is 0 Å². The van der Waals surface area contributed by atoms with Crippen LogP contribution in [0.25, 0.3) is 0 Å². The number of carboxylic acids is 1. The van der Waals surface area contributed by atoms with Gasteiger partial charge in [-0.3, -0.25) is 14.9 Å². The Morgan fingerprint density at radius 3 is 2.71 bits per heavy atom. The molecule has 2 N–H and O–H groups in total. The van der Waals surface area contributed by atoms with Crippen LogP contribution in [0.3, 0.4) is 0 Å². The minimum Gasteiger partial charge on any atom is -0.481 e. The number of aliphatic carboxylic acids is 1. The molecule has 0 aliphatic heterocycles. The van der Waals surface area contributed by atoms with Crippen LogP contribution in [0.1, 0.15) is 38.7 Å². The summed E-state index contributed by atoms with van der Waals surface area (Å²) in [4.78, 5) is 25.3. The Hall–Kier alpha value is -2.18. The molecule has 7 nitrogen and oxygen atoms in total. The standard InChI is InChI=1S/C14H21N3O4/c1-9-7-12(17(20)21)13(15-8-9)16-11(3)6-4-5-10(2)14(18)19/h7-8,10-11H,4-6H2,1-3H3,(H,15,16)(H,18,19). The van der Waals surface area contributed by atoms with Crippen LogP contribution in [0.4, 0.5) is 11.5 Å². The molecule has 116 valence electrons. The second kappa shape index (κ2) is 7.56. The summed E-state index contributed by atoms with van der Waals surface area (Å²) >= 11 is 0. The highest BCUT2D eigenvalue weighted by atomic mass is 16.6. The zero-order chi connectivity index (χ0) is 16.0. The Labute approximate surface area is 123 Å². The molecule has 0 aliphatic carbocycles. The average Bonchev–Trinajstić information content (AvgIpc) is 2.40. The van der Waals surface area contributed by atoms with E-state index in [0.717, 1.165) is 18.4 Å². The summed E-state index contributed by atoms with van der Waals surface area (Å²) < 4.78 is 0. The number of nitrogens with one attached hydrogen (secondary N) is 1. The molecule has 2 atom stereocenters. The van der Waals surface area contributed by atoms with E-state index in [-0.39, 0.29) is 23.5 Å². The van der Waals surface area contributed by atoms with E-state index in [1.807, 2.05) is 6.92 Å². The molecule has 2 unspecified atom stereocenters. The van der Waals surface area contributed by atoms with Gasteiger partial charge in [-0.1, -0.05) is 13.3 Å². The largest absolute Gasteiger partial charge is 0.481 e. The molecular formula is C14H21N3O4. The van der Waals surface area contributed by atoms with Gasteiger partial charge in [-0.25, -0.2) is 4.98 Å². The number of carbonyl (C=O) groups is 1. The van der Waals surface area contributed by atoms with Crippen molar-refractivity contribution in [3.8, 4) is 0 Å². The zero-order valence-electron chi connectivity index (χ0n) is 12.5. The van der Waals surface area contributed by atoms with Gasteiger partial charge in [0.1, 0.15) is 0 Å². The van der Waals surface area contributed by atoms with Crippen molar-refractivity contribution in [2.24, 2.45) is 5.92 Å². The molecule has 0 fully saturated rings. The van der Waals surface area contributed by atoms with E-state index in [4.69, 9.17) is 5.11 Å². The number of anilines is 1. The average molecular weight is 295 g/mol. The molecule has 0 amide bonds. The lowest BCUT2D eigenvalue weighted by atomic mass is 10.0. The number of nitrogens with zero attached hydrogens (tertiary/aromatic N) is 2. The third-order valence-electron chi connectivity index (χ3n) is 3.28. The fraction of sp³-hybridized carbons (Fsp3) is 0.571. The highest BCUT2D eigenvalue weighted by Crippen LogP contribution is 2.24. The van der Waals surface area contributed by atoms with E-state index in [9.17, 15) is 14.9 Å². The first-order valence-electron chi connectivity index (χ1n) is 6.91. The summed E-state index contributed by atoms with van der Waals surface area (Å²) in [5.74, 6) is -0.917. The minimum atomic E-state index is -0.800. The van der Waals surface area contributed by atoms with Gasteiger partial charge in [-0.05, 0) is 32.3 Å². The SMILES string of the molecule is Cc1cnc(NC(C)CCCC(C)C(=O)O)c([N+](=O)[O-])c1. The molecule has 0 radical (unpaired) electrons. The summed E-state index contributed by atoms with van der Waals surface area (Å²) in [6.07, 6.45) is 3.63. The van der Waals surface area contributed by atoms with Crippen LogP contribution >= 0.6 is 0 Å². The number of aryl methyl sites for hydroxylation is 1. The van der Waals surface area contributed by atoms with Gasteiger partial charge >= 0.3 is 11.7 Å². The summed E-state index contributed by atoms with van der Waals surface area (Å²) in [6.45, 7) is 5.32. The third kappa shape index (κ3) is 5.37. The maximum absolute atomic E-state index is 11.0. The third-order valence-corrected chi connectivity index (χ3v) is 3.28. The zero-order valence-corrected chi connectivity index (χ0v) is 12.5. The molecule has 21 heavy (non-hydrogen) atoms. The predicted molar refractivity (Wildman–Crippen MR) is 79.4 cm³/mol. The van der Waals surface area contributed by atoms with Gasteiger partial charge in [0.15, 0.2) is 0 Å². The monoisotopic (exact) mass is 295 g/mol. The lowest BCUT2D eigenvalue weighted by Gasteiger charge is -2.15. The number of hydrogen-bond donors (Lipinski definition) is 2. The molecule has 1 heterocycles. The smallest absolute Gasteiger partial charge is 0.311 e. The van der Waals surface area contributed by atoms with E-state index < -0.39 is 10.9 Å². The van der Waals surface area contributed by atoms with Gasteiger partial charge < -0.3 is 10.4 Å². The van der Waals surface area contributed by atoms with E-state index in [0.29, 0.717) is 6.42 Å². The number of hydrogen-bond acceptors (Lipinski definition) is 5. The molecule has 7 heteroatoms. The van der Waals surface area contributed by atoms with Crippen LogP contribution in [0.5, 0.6) is 0 Å². The molecule has 1 rings (SSSR count). The first-order chi connectivity index (χ1) is 9.81. The van der Waals surface area contributed by atoms with Gasteiger partial charge in [-0.2, -0.15) is 0 Å². The van der Waals surface area contributed by atoms with Gasteiger partial charge in [0.2, 0.25) is 5.82 Å². The lowest BCUT2D eigenvalue weighted by Crippen LogP contribution is -2.18. The number of rotatable bonds is 8. The molecule has 0 spiro atoms. The van der Waals surface area contributed by atoms with Crippen LogP contribution in [0, 0.1) is 23.0 Å². The maximum Gasteiger partial charge on any atom is 0.311 e. The van der Waals surface area contributed by atoms with Crippen LogP contribution in [-0.2, 0) is 4.79 Å². The van der Waals surface area contributed by atoms with E-state index in [2.05, 4.69) is 10.3 Å². The molecule has 0 saturated carbocycles. The first kappa shape index (κ1) is 16.9. The summed E-state index contributed by atoms with van der Waals surface area (Å²) in [7, 11) is 0. The van der Waals surface area contributed by atoms with Crippen molar-refractivity contribution in [1.82, 2.24) is 4.98 Å². The maximum atomic E-state index is 11.0. The van der Waals surface area contributed by atoms with Crippen LogP contribution in [0.2, 0.25) is 0 Å². The Morgan fingerprint density at radius 1 is 1.48 bits per heavy atom. The molecule has 0 aromatic carbocycles. The van der Waals surface area contributed by atoms with Crippen molar-refractivity contribution < 1.29 is 14.8 Å². The second-order valence-electron chi connectivity index (χ2n) is 5.35. The van der Waals surface area contributed by atoms with Gasteiger partial charge in [0.05, 0.1) is 10.8 Å². The van der Waals surface area contributed by atoms with Crippen molar-refractivity contribution in [2.45, 2.75) is 46.1 Å². The van der Waals surface area contributed by atoms with Gasteiger partial charge in [-0.15, -0.1) is 0 Å². The molecule has 1 aromatic rings. The Balaban J connectivity index is 2.57. The quantitative estimate of drug-likeness (QED) is 0.564. The van der Waals surface area contributed by atoms with Crippen molar-refractivity contribution >= 4 is 17.5 Å². The van der Waals surface area contributed by atoms with Crippen LogP contribution in [-0.4, -0.2) is 27.0 Å². The Morgan fingerprint density at radius 2 is 2.14 bits per heavy atom. The summed E-state index contributed by atoms with van der Waals surface area (Å²) in [6, 6.07) is 1.47. The first-order valence-corrected chi connectivity index (χ1v) is 6.91. The Kier molecular flexibility index (Phi) is 6.08. The van der Waals surface area contributed by atoms with E-state index >= 15 is 0 Å². The van der Waals surface area contributed by atoms with Gasteiger partial charge in [0, 0.05) is 18.3 Å². The number of nitro groups is 1. The lowest BCUT2D eigenvalue weighted by molar-refractivity contribution is -0.384. The van der Waals surface area contributed by atoms with E-state index in [1.54, 1.807) is 20.0 Å². The second-order valence-corrected chi connectivity index (χ2v) is 5.35. The van der Waals surface area contributed by atoms with Gasteiger partial charge in [0.25, 0.3) is 0 Å². The topological polar surface area (TPSA) is 105 Å². The molecular weight excluding hydrogens is 274 g/mol. The number of carboxylic acid groups (broad SMARTS) is 1. The highest BCUT2D eigenvalue weighted by Gasteiger charge is 2.17. The molecule has 0 saturated heterocycles. The summed E-state index contributed by atoms with van der Waals surface area (Å²) in [5.41, 5.74) is 0.691. The number of aromatic nitrogens is 1. The normalized spacial score (nSPS) is 13.5. The predicted octanol–water partition coefficient (Wildman–Crippen LogP) is 2.99. The van der Waals surface area contributed by atoms with Crippen LogP contribution in [0.15, 0.2) is 12.3 Å². The van der Waals surface area contributed by atoms with Crippen molar-refractivity contribution in [2.75, 3.05) is 5.32 Å². The van der Waals surface area contributed by atoms with Crippen LogP contribution < -0.4 is 5.32 Å². The Bertz CT molecular complexity index is 519. The molecule has 1 aromatic heterocycles. The van der Waals surface area contributed by atoms with E-state index in [1.165, 1.54) is 6.07 Å². The fourth-order valence-corrected chi connectivity index (χ4v) is 1.96. The van der Waals surface area contributed by atoms with Crippen molar-refractivity contribution in [3.63, 3.8) is 0 Å². The van der Waals surface area contributed by atoms with Crippen molar-refractivity contribution in [3.05, 3.63) is 27.9 Å². The molecule has 0 aliphatic rings.